The van der Waals surface area contributed by atoms with Crippen molar-refractivity contribution >= 4 is 11.9 Å². The quantitative estimate of drug-likeness (QED) is 0.613. The minimum Gasteiger partial charge on any atom is -0.444 e. The largest absolute Gasteiger partial charge is 0.444 e. The first-order valence-corrected chi connectivity index (χ1v) is 7.84. The molecule has 0 bridgehead atoms. The van der Waals surface area contributed by atoms with E-state index in [0.717, 1.165) is 0 Å². The molecule has 0 saturated carbocycles. The topological polar surface area (TPSA) is 51.0 Å². The van der Waals surface area contributed by atoms with Crippen LogP contribution in [0.3, 0.4) is 0 Å². The highest BCUT2D eigenvalue weighted by molar-refractivity contribution is 6.04. The number of Topliss-reactive ketones (excluding diaryl/α,β-unsaturated/α-hetero) is 1. The van der Waals surface area contributed by atoms with Crippen LogP contribution in [0.2, 0.25) is 0 Å². The summed E-state index contributed by atoms with van der Waals surface area (Å²) in [6.07, 6.45) is 0.0491. The fourth-order valence-electron chi connectivity index (χ4n) is 2.65. The van der Waals surface area contributed by atoms with Gasteiger partial charge in [-0.2, -0.15) is 0 Å². The van der Waals surface area contributed by atoms with Crippen LogP contribution in [0.1, 0.15) is 44.0 Å². The summed E-state index contributed by atoms with van der Waals surface area (Å²) in [6.45, 7) is 13.4. The predicted molar refractivity (Wildman–Crippen MR) is 87.1 cm³/mol. The van der Waals surface area contributed by atoms with Gasteiger partial charge < -0.3 is 14.5 Å². The number of amides is 1. The number of carbonyl (C=O) groups is 2. The molecule has 1 aliphatic heterocycles. The van der Waals surface area contributed by atoms with Crippen LogP contribution in [0.5, 0.6) is 0 Å². The van der Waals surface area contributed by atoms with Gasteiger partial charge in [0.2, 0.25) is 5.78 Å². The lowest BCUT2D eigenvalue weighted by Gasteiger charge is -2.34. The molecular formula is C18H21FN2O3. The summed E-state index contributed by atoms with van der Waals surface area (Å²) in [7, 11) is 0. The molecule has 2 rings (SSSR count). The molecule has 0 radical (unpaired) electrons. The molecule has 1 aromatic rings. The van der Waals surface area contributed by atoms with Crippen molar-refractivity contribution < 1.29 is 18.7 Å². The summed E-state index contributed by atoms with van der Waals surface area (Å²) < 4.78 is 18.3. The second-order valence-corrected chi connectivity index (χ2v) is 6.95. The average molecular weight is 332 g/mol. The summed E-state index contributed by atoms with van der Waals surface area (Å²) in [5, 5.41) is 0. The second kappa shape index (κ2) is 6.60. The molecule has 0 N–H and O–H groups in total. The first-order chi connectivity index (χ1) is 11.2. The van der Waals surface area contributed by atoms with Crippen LogP contribution >= 0.6 is 0 Å². The van der Waals surface area contributed by atoms with Gasteiger partial charge in [0.1, 0.15) is 11.4 Å². The third kappa shape index (κ3) is 3.91. The number of nitrogens with zero attached hydrogens (tertiary/aromatic N) is 2. The molecule has 128 valence electrons. The summed E-state index contributed by atoms with van der Waals surface area (Å²) in [5.41, 5.74) is -1.47. The Morgan fingerprint density at radius 3 is 2.21 bits per heavy atom. The number of benzene rings is 1. The molecule has 1 saturated heterocycles. The van der Waals surface area contributed by atoms with Crippen molar-refractivity contribution in [3.8, 4) is 0 Å². The van der Waals surface area contributed by atoms with Gasteiger partial charge in [-0.3, -0.25) is 4.79 Å². The summed E-state index contributed by atoms with van der Waals surface area (Å²) in [5.74, 6) is -0.746. The smallest absolute Gasteiger partial charge is 0.410 e. The van der Waals surface area contributed by atoms with Crippen molar-refractivity contribution in [3.05, 3.63) is 47.1 Å². The highest BCUT2D eigenvalue weighted by Crippen LogP contribution is 2.31. The Bertz CT molecular complexity index is 663. The molecule has 1 amide bonds. The monoisotopic (exact) mass is 332 g/mol. The first-order valence-electron chi connectivity index (χ1n) is 7.84. The number of ether oxygens (including phenoxy) is 1. The average Bonchev–Trinajstić information content (AvgIpc) is 2.53. The van der Waals surface area contributed by atoms with Gasteiger partial charge in [0.15, 0.2) is 0 Å². The molecule has 1 heterocycles. The van der Waals surface area contributed by atoms with Gasteiger partial charge in [-0.15, -0.1) is 0 Å². The van der Waals surface area contributed by atoms with E-state index in [1.54, 1.807) is 20.8 Å². The van der Waals surface area contributed by atoms with Gasteiger partial charge in [0.05, 0.1) is 12.8 Å². The molecule has 0 unspecified atom stereocenters. The van der Waals surface area contributed by atoms with Crippen LogP contribution in [-0.4, -0.2) is 41.0 Å². The number of rotatable bonds is 2. The third-order valence-electron chi connectivity index (χ3n) is 3.99. The Morgan fingerprint density at radius 1 is 1.21 bits per heavy atom. The lowest BCUT2D eigenvalue weighted by Crippen LogP contribution is -2.50. The normalized spacial score (nSPS) is 17.0. The van der Waals surface area contributed by atoms with E-state index in [4.69, 9.17) is 11.3 Å². The van der Waals surface area contributed by atoms with E-state index in [2.05, 4.69) is 4.85 Å². The maximum absolute atomic E-state index is 13.0. The van der Waals surface area contributed by atoms with Gasteiger partial charge >= 0.3 is 6.09 Å². The summed E-state index contributed by atoms with van der Waals surface area (Å²) >= 11 is 0. The number of halogens is 1. The third-order valence-corrected chi connectivity index (χ3v) is 3.99. The second-order valence-electron chi connectivity index (χ2n) is 6.95. The van der Waals surface area contributed by atoms with Crippen LogP contribution in [0.4, 0.5) is 9.18 Å². The van der Waals surface area contributed by atoms with Crippen molar-refractivity contribution in [1.82, 2.24) is 4.90 Å². The van der Waals surface area contributed by atoms with E-state index in [1.165, 1.54) is 29.2 Å². The van der Waals surface area contributed by atoms with Crippen LogP contribution < -0.4 is 0 Å². The van der Waals surface area contributed by atoms with Crippen molar-refractivity contribution in [2.24, 2.45) is 0 Å². The standard InChI is InChI=1S/C18H21FN2O3/c1-17(2,3)24-16(23)21-11-9-18(20-4,10-12-21)15(22)13-5-7-14(19)8-6-13/h5-8H,9-12H2,1-3H3. The zero-order chi connectivity index (χ0) is 18.0. The maximum atomic E-state index is 13.0. The van der Waals surface area contributed by atoms with E-state index in [9.17, 15) is 14.0 Å². The molecular weight excluding hydrogens is 311 g/mol. The lowest BCUT2D eigenvalue weighted by molar-refractivity contribution is 0.0182. The molecule has 0 atom stereocenters. The van der Waals surface area contributed by atoms with Gasteiger partial charge in [-0.25, -0.2) is 15.8 Å². The predicted octanol–water partition coefficient (Wildman–Crippen LogP) is 3.70. The van der Waals surface area contributed by atoms with Crippen molar-refractivity contribution in [2.45, 2.75) is 44.8 Å². The zero-order valence-corrected chi connectivity index (χ0v) is 14.1. The van der Waals surface area contributed by atoms with E-state index < -0.39 is 23.1 Å². The van der Waals surface area contributed by atoms with E-state index in [1.807, 2.05) is 0 Å². The van der Waals surface area contributed by atoms with E-state index in [-0.39, 0.29) is 31.7 Å². The van der Waals surface area contributed by atoms with Crippen molar-refractivity contribution in [1.29, 1.82) is 0 Å². The Kier molecular flexibility index (Phi) is 4.93. The van der Waals surface area contributed by atoms with Gasteiger partial charge in [-0.1, -0.05) is 0 Å². The Morgan fingerprint density at radius 2 is 1.75 bits per heavy atom. The number of likely N-dealkylation sites (tertiary alicyclic amines) is 1. The molecule has 1 aliphatic rings. The number of hydrogen-bond donors (Lipinski definition) is 0. The maximum Gasteiger partial charge on any atom is 0.410 e. The van der Waals surface area contributed by atoms with Crippen molar-refractivity contribution in [2.75, 3.05) is 13.1 Å². The van der Waals surface area contributed by atoms with Gasteiger partial charge in [0.25, 0.3) is 5.54 Å². The van der Waals surface area contributed by atoms with E-state index in [0.29, 0.717) is 5.56 Å². The Hall–Kier alpha value is -2.42. The van der Waals surface area contributed by atoms with Gasteiger partial charge in [-0.05, 0) is 45.0 Å². The molecule has 0 aliphatic carbocycles. The zero-order valence-electron chi connectivity index (χ0n) is 14.1. The SMILES string of the molecule is [C-]#[N+]C1(C(=O)c2ccc(F)cc2)CCN(C(=O)OC(C)(C)C)CC1. The fraction of sp³-hybridized carbons (Fsp3) is 0.500. The first kappa shape index (κ1) is 17.9. The minimum absolute atomic E-state index is 0.242. The van der Waals surface area contributed by atoms with Crippen molar-refractivity contribution in [3.63, 3.8) is 0 Å². The Labute approximate surface area is 141 Å². The minimum atomic E-state index is -1.20. The highest BCUT2D eigenvalue weighted by atomic mass is 19.1. The summed E-state index contributed by atoms with van der Waals surface area (Å²) in [4.78, 5) is 29.9. The number of piperidine rings is 1. The van der Waals surface area contributed by atoms with Crippen LogP contribution in [0.15, 0.2) is 24.3 Å². The van der Waals surface area contributed by atoms with Crippen LogP contribution in [-0.2, 0) is 4.74 Å². The highest BCUT2D eigenvalue weighted by Gasteiger charge is 2.49. The fourth-order valence-corrected chi connectivity index (χ4v) is 2.65. The molecule has 0 spiro atoms. The van der Waals surface area contributed by atoms with Crippen LogP contribution in [0, 0.1) is 12.4 Å². The molecule has 1 aromatic carbocycles. The molecule has 1 fully saturated rings. The number of ketones is 1. The molecule has 0 aromatic heterocycles. The molecule has 24 heavy (non-hydrogen) atoms. The van der Waals surface area contributed by atoms with Gasteiger partial charge in [0, 0.05) is 18.7 Å². The Balaban J connectivity index is 2.09. The van der Waals surface area contributed by atoms with E-state index >= 15 is 0 Å². The molecule has 6 heteroatoms. The molecule has 5 nitrogen and oxygen atoms in total. The number of carbonyl (C=O) groups excluding carboxylic acids is 2. The van der Waals surface area contributed by atoms with Crippen LogP contribution in [0.25, 0.3) is 4.85 Å². The lowest BCUT2D eigenvalue weighted by atomic mass is 9.81. The number of hydrogen-bond acceptors (Lipinski definition) is 3. The summed E-state index contributed by atoms with van der Waals surface area (Å²) in [6, 6.07) is 5.21.